The molecule has 0 radical (unpaired) electrons. The molecule has 244 valence electrons. The molecular weight excluding hydrogens is 587 g/mol. The second kappa shape index (κ2) is 12.1. The molecule has 0 amide bonds. The van der Waals surface area contributed by atoms with Gasteiger partial charge in [-0.25, -0.2) is 0 Å². The first kappa shape index (κ1) is 35.1. The van der Waals surface area contributed by atoms with Crippen molar-refractivity contribution in [2.75, 3.05) is 6.61 Å². The van der Waals surface area contributed by atoms with Crippen molar-refractivity contribution >= 4 is 39.0 Å². The zero-order chi connectivity index (χ0) is 31.5. The molecule has 0 spiro atoms. The van der Waals surface area contributed by atoms with Crippen molar-refractivity contribution in [3.8, 4) is 0 Å². The number of hydrogen-bond donors (Lipinski definition) is 0. The molecule has 0 saturated heterocycles. The molecule has 4 fully saturated rings. The van der Waals surface area contributed by atoms with Crippen LogP contribution in [-0.4, -0.2) is 57.8 Å². The van der Waals surface area contributed by atoms with Crippen LogP contribution in [0.5, 0.6) is 0 Å². The molecule has 4 aliphatic rings. The molecule has 0 heterocycles. The molecular formula is C33H67NO4Si4. The van der Waals surface area contributed by atoms with E-state index in [-0.39, 0.29) is 5.41 Å². The summed E-state index contributed by atoms with van der Waals surface area (Å²) < 4.78 is 26.9. The van der Waals surface area contributed by atoms with E-state index in [0.717, 1.165) is 24.2 Å². The van der Waals surface area contributed by atoms with Gasteiger partial charge in [0, 0.05) is 18.1 Å². The highest BCUT2D eigenvalue weighted by Gasteiger charge is 2.64. The van der Waals surface area contributed by atoms with E-state index in [0.29, 0.717) is 36.1 Å². The van der Waals surface area contributed by atoms with E-state index in [4.69, 9.17) is 23.0 Å². The normalized spacial score (nSPS) is 39.9. The van der Waals surface area contributed by atoms with Crippen LogP contribution in [0, 0.1) is 40.4 Å². The largest absolute Gasteiger partial charge is 0.456 e. The Morgan fingerprint density at radius 3 is 1.93 bits per heavy atom. The highest BCUT2D eigenvalue weighted by molar-refractivity contribution is 6.70. The van der Waals surface area contributed by atoms with Gasteiger partial charge in [0.05, 0.1) is 12.3 Å². The van der Waals surface area contributed by atoms with Crippen LogP contribution < -0.4 is 0 Å². The Labute approximate surface area is 264 Å². The zero-order valence-electron chi connectivity index (χ0n) is 30.0. The third-order valence-electron chi connectivity index (χ3n) is 11.0. The van der Waals surface area contributed by atoms with Crippen LogP contribution in [-0.2, 0) is 17.8 Å². The van der Waals surface area contributed by atoms with Crippen molar-refractivity contribution in [3.05, 3.63) is 0 Å². The minimum atomic E-state index is -1.80. The van der Waals surface area contributed by atoms with Crippen molar-refractivity contribution in [1.82, 2.24) is 0 Å². The molecule has 9 heteroatoms. The van der Waals surface area contributed by atoms with Crippen LogP contribution in [0.2, 0.25) is 78.6 Å². The van der Waals surface area contributed by atoms with E-state index in [2.05, 4.69) is 92.4 Å². The smallest absolute Gasteiger partial charge is 0.278 e. The Hall–Kier alpha value is 0.218. The Bertz CT molecular complexity index is 980. The van der Waals surface area contributed by atoms with Gasteiger partial charge in [-0.15, -0.1) is 5.16 Å². The number of hydrogen-bond acceptors (Lipinski definition) is 5. The molecule has 0 bridgehead atoms. The standard InChI is InChI=1S/C33H67NO4Si4/c1-32-20-19-25(36-40(6,7)8)21-24(32)15-16-26-27-17-18-28(29(23-35-39(3,4)5)34-38-42(12,13)14)33(27,2)22-30(31(26)32)37-41(9,10)11/h24-28,30-31H,15-23H2,1-14H3/b34-29-/t24-,25-,26+,27+,28-,30+,31-,32+,33+/m1/s1. The highest BCUT2D eigenvalue weighted by Crippen LogP contribution is 2.68. The van der Waals surface area contributed by atoms with E-state index >= 15 is 0 Å². The molecule has 0 aromatic rings. The lowest BCUT2D eigenvalue weighted by atomic mass is 9.44. The lowest BCUT2D eigenvalue weighted by molar-refractivity contribution is -0.168. The molecule has 0 aromatic carbocycles. The van der Waals surface area contributed by atoms with Gasteiger partial charge in [0.1, 0.15) is 0 Å². The Morgan fingerprint density at radius 2 is 1.36 bits per heavy atom. The summed E-state index contributed by atoms with van der Waals surface area (Å²) >= 11 is 0. The minimum absolute atomic E-state index is 0.178. The Kier molecular flexibility index (Phi) is 10.1. The summed E-state index contributed by atoms with van der Waals surface area (Å²) in [5, 5.41) is 4.97. The van der Waals surface area contributed by atoms with Crippen molar-refractivity contribution in [2.45, 2.75) is 156 Å². The van der Waals surface area contributed by atoms with Gasteiger partial charge in [-0.05, 0) is 164 Å². The quantitative estimate of drug-likeness (QED) is 0.134. The van der Waals surface area contributed by atoms with Gasteiger partial charge in [-0.1, -0.05) is 13.8 Å². The van der Waals surface area contributed by atoms with E-state index in [1.807, 2.05) is 0 Å². The van der Waals surface area contributed by atoms with Gasteiger partial charge in [0.15, 0.2) is 25.0 Å². The average molecular weight is 654 g/mol. The van der Waals surface area contributed by atoms with Crippen molar-refractivity contribution in [1.29, 1.82) is 0 Å². The summed E-state index contributed by atoms with van der Waals surface area (Å²) in [6, 6.07) is 0. The summed E-state index contributed by atoms with van der Waals surface area (Å²) in [5.74, 6) is 3.30. The SMILES string of the molecule is C[C@]12CC[C@@H](O[Si](C)(C)C)C[C@H]1CC[C@@H]1[C@@H]2[C@@H](O[Si](C)(C)C)C[C@]2(C)[C@@H](/C(CO[Si](C)(C)C)=N\O[Si](C)(C)C)CC[C@@H]12. The molecule has 4 aliphatic carbocycles. The molecule has 4 rings (SSSR count). The minimum Gasteiger partial charge on any atom is -0.456 e. The van der Waals surface area contributed by atoms with Gasteiger partial charge in [-0.3, -0.25) is 0 Å². The second-order valence-corrected chi connectivity index (χ2v) is 36.8. The third kappa shape index (κ3) is 8.13. The van der Waals surface area contributed by atoms with E-state index in [9.17, 15) is 0 Å². The molecule has 0 N–H and O–H groups in total. The van der Waals surface area contributed by atoms with Crippen LogP contribution in [0.4, 0.5) is 0 Å². The van der Waals surface area contributed by atoms with Crippen molar-refractivity contribution in [3.63, 3.8) is 0 Å². The number of fused-ring (bicyclic) bond motifs is 5. The lowest BCUT2D eigenvalue weighted by Crippen LogP contribution is -2.61. The van der Waals surface area contributed by atoms with Crippen LogP contribution in [0.15, 0.2) is 5.16 Å². The Balaban J connectivity index is 1.67. The maximum Gasteiger partial charge on any atom is 0.278 e. The lowest BCUT2D eigenvalue weighted by Gasteiger charge is -2.64. The number of nitrogens with zero attached hydrogens (tertiary/aromatic N) is 1. The van der Waals surface area contributed by atoms with Crippen LogP contribution in [0.1, 0.15) is 65.2 Å². The summed E-state index contributed by atoms with van der Waals surface area (Å²) in [6.07, 6.45) is 11.0. The molecule has 5 nitrogen and oxygen atoms in total. The van der Waals surface area contributed by atoms with Gasteiger partial charge >= 0.3 is 0 Å². The van der Waals surface area contributed by atoms with Crippen LogP contribution in [0.3, 0.4) is 0 Å². The predicted octanol–water partition coefficient (Wildman–Crippen LogP) is 9.75. The second-order valence-electron chi connectivity index (χ2n) is 19.0. The Morgan fingerprint density at radius 1 is 0.714 bits per heavy atom. The van der Waals surface area contributed by atoms with Gasteiger partial charge in [-0.2, -0.15) is 0 Å². The molecule has 0 aliphatic heterocycles. The number of oxime groups is 1. The molecule has 0 unspecified atom stereocenters. The first-order chi connectivity index (χ1) is 19.0. The summed E-state index contributed by atoms with van der Waals surface area (Å²) in [4.78, 5) is 0. The fourth-order valence-electron chi connectivity index (χ4n) is 9.70. The van der Waals surface area contributed by atoms with E-state index in [1.54, 1.807) is 0 Å². The summed E-state index contributed by atoms with van der Waals surface area (Å²) in [6.45, 7) is 33.7. The van der Waals surface area contributed by atoms with Gasteiger partial charge < -0.3 is 17.8 Å². The molecule has 42 heavy (non-hydrogen) atoms. The van der Waals surface area contributed by atoms with E-state index < -0.39 is 33.3 Å². The monoisotopic (exact) mass is 653 g/mol. The average Bonchev–Trinajstić information content (AvgIpc) is 3.12. The van der Waals surface area contributed by atoms with Crippen LogP contribution in [0.25, 0.3) is 0 Å². The van der Waals surface area contributed by atoms with Gasteiger partial charge in [0.2, 0.25) is 0 Å². The van der Waals surface area contributed by atoms with Crippen molar-refractivity contribution < 1.29 is 17.8 Å². The fraction of sp³-hybridized carbons (Fsp3) is 0.970. The maximum absolute atomic E-state index is 7.33. The highest BCUT2D eigenvalue weighted by atomic mass is 28.4. The maximum atomic E-state index is 7.33. The number of rotatable bonds is 10. The summed E-state index contributed by atoms with van der Waals surface area (Å²) in [7, 11) is -6.77. The summed E-state index contributed by atoms with van der Waals surface area (Å²) in [5.41, 5.74) is 1.71. The topological polar surface area (TPSA) is 49.3 Å². The molecule has 0 aromatic heterocycles. The third-order valence-corrected chi connectivity index (χ3v) is 14.7. The fourth-order valence-corrected chi connectivity index (χ4v) is 13.0. The van der Waals surface area contributed by atoms with Crippen molar-refractivity contribution in [2.24, 2.45) is 45.6 Å². The van der Waals surface area contributed by atoms with E-state index in [1.165, 1.54) is 50.7 Å². The van der Waals surface area contributed by atoms with Crippen LogP contribution >= 0.6 is 0 Å². The molecule has 4 saturated carbocycles. The zero-order valence-corrected chi connectivity index (χ0v) is 34.0. The molecule has 9 atom stereocenters. The first-order valence-electron chi connectivity index (χ1n) is 17.3. The predicted molar refractivity (Wildman–Crippen MR) is 188 cm³/mol. The first-order valence-corrected chi connectivity index (χ1v) is 30.9. The van der Waals surface area contributed by atoms with Gasteiger partial charge in [0.25, 0.3) is 8.32 Å².